The first-order valence-electron chi connectivity index (χ1n) is 9.92. The number of carbonyl (C=O) groups excluding carboxylic acids is 1. The number of nitrogens with one attached hydrogen (secondary N) is 1. The van der Waals surface area contributed by atoms with Gasteiger partial charge in [0.15, 0.2) is 0 Å². The second-order valence-corrected chi connectivity index (χ2v) is 11.1. The number of amides is 1. The normalized spacial score (nSPS) is 17.4. The monoisotopic (exact) mass is 468 g/mol. The van der Waals surface area contributed by atoms with Crippen LogP contribution in [0.4, 0.5) is 10.1 Å². The van der Waals surface area contributed by atoms with Crippen LogP contribution in [0.3, 0.4) is 0 Å². The van der Waals surface area contributed by atoms with Crippen LogP contribution in [0.1, 0.15) is 39.2 Å². The highest BCUT2D eigenvalue weighted by Gasteiger charge is 2.42. The number of rotatable bonds is 4. The number of aliphatic hydroxyl groups is 1. The first-order chi connectivity index (χ1) is 14.3. The zero-order chi connectivity index (χ0) is 23.0. The lowest BCUT2D eigenvalue weighted by Gasteiger charge is -2.36. The standard InChI is InChI=1S/C22H26ClFN2O4S/c1-21(2,3)15-4-7-17(8-5-15)25-20(27)22(28)10-12-26(13-11-22)31(29,30)19-9-6-16(23)14-18(19)24/h4-9,14,28H,10-13H2,1-3H3,(H,25,27). The highest BCUT2D eigenvalue weighted by atomic mass is 35.5. The summed E-state index contributed by atoms with van der Waals surface area (Å²) in [5, 5.41) is 13.6. The number of hydrogen-bond acceptors (Lipinski definition) is 4. The van der Waals surface area contributed by atoms with Crippen LogP contribution in [-0.4, -0.2) is 42.4 Å². The summed E-state index contributed by atoms with van der Waals surface area (Å²) >= 11 is 5.70. The van der Waals surface area contributed by atoms with E-state index in [1.807, 2.05) is 12.1 Å². The van der Waals surface area contributed by atoms with Gasteiger partial charge in [0, 0.05) is 23.8 Å². The Morgan fingerprint density at radius 1 is 1.13 bits per heavy atom. The molecule has 0 saturated carbocycles. The Hall–Kier alpha value is -2.00. The SMILES string of the molecule is CC(C)(C)c1ccc(NC(=O)C2(O)CCN(S(=O)(=O)c3ccc(Cl)cc3F)CC2)cc1. The average Bonchev–Trinajstić information content (AvgIpc) is 2.67. The van der Waals surface area contributed by atoms with Crippen molar-refractivity contribution in [1.29, 1.82) is 0 Å². The summed E-state index contributed by atoms with van der Waals surface area (Å²) in [6, 6.07) is 10.7. The van der Waals surface area contributed by atoms with E-state index in [4.69, 9.17) is 11.6 Å². The summed E-state index contributed by atoms with van der Waals surface area (Å²) in [6.45, 7) is 6.03. The number of carbonyl (C=O) groups is 1. The molecule has 1 saturated heterocycles. The van der Waals surface area contributed by atoms with Crippen molar-refractivity contribution in [1.82, 2.24) is 4.31 Å². The number of nitrogens with zero attached hydrogens (tertiary/aromatic N) is 1. The van der Waals surface area contributed by atoms with Crippen LogP contribution in [-0.2, 0) is 20.2 Å². The van der Waals surface area contributed by atoms with Crippen LogP contribution >= 0.6 is 11.6 Å². The molecule has 0 unspecified atom stereocenters. The maximum atomic E-state index is 14.1. The van der Waals surface area contributed by atoms with Gasteiger partial charge in [0.2, 0.25) is 10.0 Å². The van der Waals surface area contributed by atoms with E-state index in [0.717, 1.165) is 22.0 Å². The number of halogens is 2. The third-order valence-corrected chi connectivity index (χ3v) is 7.66. The van der Waals surface area contributed by atoms with Crippen molar-refractivity contribution < 1.29 is 22.7 Å². The first kappa shape index (κ1) is 23.7. The summed E-state index contributed by atoms with van der Waals surface area (Å²) in [6.07, 6.45) is -0.208. The summed E-state index contributed by atoms with van der Waals surface area (Å²) in [5.74, 6) is -1.53. The van der Waals surface area contributed by atoms with E-state index < -0.39 is 32.2 Å². The Bertz CT molecular complexity index is 1070. The van der Waals surface area contributed by atoms with Crippen molar-refractivity contribution in [2.75, 3.05) is 18.4 Å². The predicted molar refractivity (Wildman–Crippen MR) is 118 cm³/mol. The van der Waals surface area contributed by atoms with Crippen LogP contribution in [0.2, 0.25) is 5.02 Å². The van der Waals surface area contributed by atoms with Crippen molar-refractivity contribution in [3.63, 3.8) is 0 Å². The third kappa shape index (κ3) is 5.09. The molecule has 0 aromatic heterocycles. The molecule has 168 valence electrons. The van der Waals surface area contributed by atoms with Crippen LogP contribution in [0.15, 0.2) is 47.4 Å². The maximum absolute atomic E-state index is 14.1. The number of hydrogen-bond donors (Lipinski definition) is 2. The van der Waals surface area contributed by atoms with Crippen molar-refractivity contribution in [2.24, 2.45) is 0 Å². The second kappa shape index (κ2) is 8.50. The van der Waals surface area contributed by atoms with Gasteiger partial charge in [0.25, 0.3) is 5.91 Å². The smallest absolute Gasteiger partial charge is 0.256 e. The molecule has 1 fully saturated rings. The Morgan fingerprint density at radius 2 is 1.71 bits per heavy atom. The highest BCUT2D eigenvalue weighted by Crippen LogP contribution is 2.30. The van der Waals surface area contributed by atoms with Gasteiger partial charge in [-0.1, -0.05) is 44.5 Å². The van der Waals surface area contributed by atoms with Gasteiger partial charge in [-0.3, -0.25) is 4.79 Å². The van der Waals surface area contributed by atoms with E-state index in [-0.39, 0.29) is 36.4 Å². The zero-order valence-electron chi connectivity index (χ0n) is 17.7. The molecule has 0 bridgehead atoms. The van der Waals surface area contributed by atoms with E-state index in [2.05, 4.69) is 26.1 Å². The zero-order valence-corrected chi connectivity index (χ0v) is 19.2. The maximum Gasteiger partial charge on any atom is 0.256 e. The largest absolute Gasteiger partial charge is 0.380 e. The molecule has 2 N–H and O–H groups in total. The number of sulfonamides is 1. The molecule has 1 aliphatic rings. The van der Waals surface area contributed by atoms with Crippen LogP contribution in [0.5, 0.6) is 0 Å². The first-order valence-corrected chi connectivity index (χ1v) is 11.7. The van der Waals surface area contributed by atoms with Crippen LogP contribution in [0.25, 0.3) is 0 Å². The van der Waals surface area contributed by atoms with Gasteiger partial charge >= 0.3 is 0 Å². The summed E-state index contributed by atoms with van der Waals surface area (Å²) < 4.78 is 40.7. The molecule has 31 heavy (non-hydrogen) atoms. The number of piperidine rings is 1. The molecule has 6 nitrogen and oxygen atoms in total. The van der Waals surface area contributed by atoms with E-state index in [1.165, 1.54) is 6.07 Å². The fourth-order valence-corrected chi connectivity index (χ4v) is 5.09. The summed E-state index contributed by atoms with van der Waals surface area (Å²) in [5.41, 5.74) is -0.0857. The molecule has 2 aromatic rings. The van der Waals surface area contributed by atoms with E-state index in [9.17, 15) is 22.7 Å². The van der Waals surface area contributed by atoms with Gasteiger partial charge in [0.05, 0.1) is 0 Å². The van der Waals surface area contributed by atoms with E-state index in [1.54, 1.807) is 12.1 Å². The second-order valence-electron chi connectivity index (χ2n) is 8.79. The Morgan fingerprint density at radius 3 is 2.23 bits per heavy atom. The highest BCUT2D eigenvalue weighted by molar-refractivity contribution is 7.89. The van der Waals surface area contributed by atoms with Gasteiger partial charge in [-0.25, -0.2) is 12.8 Å². The fraction of sp³-hybridized carbons (Fsp3) is 0.409. The van der Waals surface area contributed by atoms with Gasteiger partial charge < -0.3 is 10.4 Å². The minimum Gasteiger partial charge on any atom is -0.380 e. The molecule has 0 radical (unpaired) electrons. The number of benzene rings is 2. The van der Waals surface area contributed by atoms with Gasteiger partial charge in [-0.05, 0) is 54.2 Å². The molecule has 1 heterocycles. The van der Waals surface area contributed by atoms with Crippen LogP contribution < -0.4 is 5.32 Å². The predicted octanol–water partition coefficient (Wildman–Crippen LogP) is 3.93. The fourth-order valence-electron chi connectivity index (χ4n) is 3.45. The Labute approximate surface area is 187 Å². The minimum absolute atomic E-state index is 0.0252. The molecule has 0 spiro atoms. The molecule has 1 amide bonds. The molecule has 3 rings (SSSR count). The lowest BCUT2D eigenvalue weighted by molar-refractivity contribution is -0.137. The summed E-state index contributed by atoms with van der Waals surface area (Å²) in [7, 11) is -4.11. The van der Waals surface area contributed by atoms with Gasteiger partial charge in [0.1, 0.15) is 16.3 Å². The minimum atomic E-state index is -4.11. The molecule has 9 heteroatoms. The average molecular weight is 469 g/mol. The van der Waals surface area contributed by atoms with Crippen molar-refractivity contribution in [3.05, 3.63) is 58.9 Å². The Balaban J connectivity index is 1.67. The lowest BCUT2D eigenvalue weighted by Crippen LogP contribution is -2.52. The van der Waals surface area contributed by atoms with Crippen molar-refractivity contribution >= 4 is 33.2 Å². The molecule has 1 aliphatic heterocycles. The number of anilines is 1. The van der Waals surface area contributed by atoms with E-state index in [0.29, 0.717) is 5.69 Å². The third-order valence-electron chi connectivity index (χ3n) is 5.49. The van der Waals surface area contributed by atoms with E-state index >= 15 is 0 Å². The topological polar surface area (TPSA) is 86.7 Å². The quantitative estimate of drug-likeness (QED) is 0.711. The van der Waals surface area contributed by atoms with Crippen molar-refractivity contribution in [2.45, 2.75) is 49.5 Å². The molecule has 0 atom stereocenters. The van der Waals surface area contributed by atoms with Crippen molar-refractivity contribution in [3.8, 4) is 0 Å². The Kier molecular flexibility index (Phi) is 6.49. The molecule has 2 aromatic carbocycles. The summed E-state index contributed by atoms with van der Waals surface area (Å²) in [4.78, 5) is 12.2. The van der Waals surface area contributed by atoms with Crippen LogP contribution in [0, 0.1) is 5.82 Å². The molecular weight excluding hydrogens is 443 g/mol. The lowest BCUT2D eigenvalue weighted by atomic mass is 9.87. The van der Waals surface area contributed by atoms with Gasteiger partial charge in [-0.2, -0.15) is 4.31 Å². The molecular formula is C22H26ClFN2O4S. The molecule has 0 aliphatic carbocycles. The van der Waals surface area contributed by atoms with Gasteiger partial charge in [-0.15, -0.1) is 0 Å².